The maximum atomic E-state index is 10.3. The maximum Gasteiger partial charge on any atom is 0.164 e. The molecular formula is C24H26N2O5. The van der Waals surface area contributed by atoms with Gasteiger partial charge < -0.3 is 34.7 Å². The van der Waals surface area contributed by atoms with Crippen LogP contribution in [0.25, 0.3) is 21.8 Å². The first kappa shape index (κ1) is 20.8. The molecule has 0 spiro atoms. The number of aliphatic hydroxyl groups is 1. The Balaban J connectivity index is 1.25. The standard InChI is InChI=1S/C24H26N2O5/c1-29-23-13-16(27)9-10-21(23)30-12-11-25-14-17(28)15-31-22-8-4-7-20-24(22)18-5-2-3-6-19(18)26-20/h2-10,13,17,25-28H,11-12,14-15H2,1H3/t17-/m1/s1. The van der Waals surface area contributed by atoms with Crippen molar-refractivity contribution >= 4 is 21.8 Å². The third-order valence-corrected chi connectivity index (χ3v) is 4.99. The van der Waals surface area contributed by atoms with E-state index in [0.717, 1.165) is 27.6 Å². The van der Waals surface area contributed by atoms with E-state index in [1.54, 1.807) is 12.1 Å². The summed E-state index contributed by atoms with van der Waals surface area (Å²) in [6, 6.07) is 18.7. The second kappa shape index (κ2) is 9.59. The first-order chi connectivity index (χ1) is 15.2. The predicted molar refractivity (Wildman–Crippen MR) is 120 cm³/mol. The van der Waals surface area contributed by atoms with Gasteiger partial charge >= 0.3 is 0 Å². The fraction of sp³-hybridized carbons (Fsp3) is 0.250. The minimum absolute atomic E-state index is 0.119. The summed E-state index contributed by atoms with van der Waals surface area (Å²) in [5.74, 6) is 1.89. The van der Waals surface area contributed by atoms with Crippen LogP contribution in [0.5, 0.6) is 23.0 Å². The molecule has 0 radical (unpaired) electrons. The maximum absolute atomic E-state index is 10.3. The number of aromatic hydroxyl groups is 1. The van der Waals surface area contributed by atoms with Gasteiger partial charge in [-0.2, -0.15) is 0 Å². The molecule has 1 aromatic heterocycles. The molecule has 0 amide bonds. The van der Waals surface area contributed by atoms with Gasteiger partial charge in [0.1, 0.15) is 30.8 Å². The van der Waals surface area contributed by atoms with Gasteiger partial charge in [-0.25, -0.2) is 0 Å². The Labute approximate surface area is 180 Å². The number of hydrogen-bond donors (Lipinski definition) is 4. The summed E-state index contributed by atoms with van der Waals surface area (Å²) in [5.41, 5.74) is 2.06. The van der Waals surface area contributed by atoms with E-state index in [0.29, 0.717) is 31.2 Å². The number of para-hydroxylation sites is 1. The molecule has 0 bridgehead atoms. The molecule has 3 aromatic carbocycles. The molecule has 0 saturated carbocycles. The fourth-order valence-corrected chi connectivity index (χ4v) is 3.51. The van der Waals surface area contributed by atoms with Crippen LogP contribution in [0.1, 0.15) is 0 Å². The van der Waals surface area contributed by atoms with Crippen LogP contribution in [-0.2, 0) is 0 Å². The average molecular weight is 422 g/mol. The van der Waals surface area contributed by atoms with Gasteiger partial charge in [-0.15, -0.1) is 0 Å². The van der Waals surface area contributed by atoms with Crippen LogP contribution >= 0.6 is 0 Å². The van der Waals surface area contributed by atoms with Crippen molar-refractivity contribution in [3.05, 3.63) is 60.7 Å². The lowest BCUT2D eigenvalue weighted by Crippen LogP contribution is -2.33. The summed E-state index contributed by atoms with van der Waals surface area (Å²) in [7, 11) is 1.52. The lowest BCUT2D eigenvalue weighted by atomic mass is 10.1. The first-order valence-electron chi connectivity index (χ1n) is 10.2. The molecule has 4 N–H and O–H groups in total. The Morgan fingerprint density at radius 3 is 2.65 bits per heavy atom. The molecule has 1 heterocycles. The summed E-state index contributed by atoms with van der Waals surface area (Å²) in [4.78, 5) is 3.39. The van der Waals surface area contributed by atoms with Crippen molar-refractivity contribution in [1.29, 1.82) is 0 Å². The van der Waals surface area contributed by atoms with Crippen molar-refractivity contribution in [3.63, 3.8) is 0 Å². The Morgan fingerprint density at radius 1 is 0.935 bits per heavy atom. The van der Waals surface area contributed by atoms with Crippen LogP contribution in [0.15, 0.2) is 60.7 Å². The second-order valence-electron chi connectivity index (χ2n) is 7.20. The lowest BCUT2D eigenvalue weighted by Gasteiger charge is -2.15. The average Bonchev–Trinajstić information content (AvgIpc) is 3.17. The van der Waals surface area contributed by atoms with Crippen molar-refractivity contribution in [2.45, 2.75) is 6.10 Å². The minimum atomic E-state index is -0.663. The van der Waals surface area contributed by atoms with Gasteiger partial charge in [-0.1, -0.05) is 24.3 Å². The van der Waals surface area contributed by atoms with Crippen LogP contribution in [0.4, 0.5) is 0 Å². The third kappa shape index (κ3) is 4.84. The Kier molecular flexibility index (Phi) is 6.45. The number of fused-ring (bicyclic) bond motifs is 3. The molecule has 4 aromatic rings. The van der Waals surface area contributed by atoms with E-state index in [2.05, 4.69) is 16.4 Å². The number of H-pyrrole nitrogens is 1. The van der Waals surface area contributed by atoms with Crippen LogP contribution < -0.4 is 19.5 Å². The summed E-state index contributed by atoms with van der Waals surface area (Å²) in [5, 5.41) is 25.0. The van der Waals surface area contributed by atoms with E-state index >= 15 is 0 Å². The number of phenols is 1. The van der Waals surface area contributed by atoms with Gasteiger partial charge in [-0.05, 0) is 30.3 Å². The quantitative estimate of drug-likeness (QED) is 0.293. The van der Waals surface area contributed by atoms with Crippen molar-refractivity contribution in [1.82, 2.24) is 10.3 Å². The number of nitrogens with one attached hydrogen (secondary N) is 2. The van der Waals surface area contributed by atoms with E-state index in [1.807, 2.05) is 36.4 Å². The zero-order valence-corrected chi connectivity index (χ0v) is 17.3. The monoisotopic (exact) mass is 422 g/mol. The van der Waals surface area contributed by atoms with E-state index in [1.165, 1.54) is 13.2 Å². The molecule has 1 atom stereocenters. The Morgan fingerprint density at radius 2 is 1.77 bits per heavy atom. The molecule has 0 saturated heterocycles. The van der Waals surface area contributed by atoms with Crippen LogP contribution in [0.2, 0.25) is 0 Å². The van der Waals surface area contributed by atoms with E-state index < -0.39 is 6.10 Å². The molecular weight excluding hydrogens is 396 g/mol. The number of aromatic amines is 1. The number of phenolic OH excluding ortho intramolecular Hbond substituents is 1. The topological polar surface area (TPSA) is 96.0 Å². The lowest BCUT2D eigenvalue weighted by molar-refractivity contribution is 0.106. The molecule has 0 aliphatic carbocycles. The second-order valence-corrected chi connectivity index (χ2v) is 7.20. The molecule has 7 nitrogen and oxygen atoms in total. The normalized spacial score (nSPS) is 12.2. The van der Waals surface area contributed by atoms with Crippen molar-refractivity contribution in [2.75, 3.05) is 33.4 Å². The van der Waals surface area contributed by atoms with Crippen molar-refractivity contribution in [2.24, 2.45) is 0 Å². The molecule has 0 aliphatic heterocycles. The van der Waals surface area contributed by atoms with Gasteiger partial charge in [0.05, 0.1) is 12.6 Å². The molecule has 0 fully saturated rings. The van der Waals surface area contributed by atoms with Crippen LogP contribution in [-0.4, -0.2) is 54.7 Å². The largest absolute Gasteiger partial charge is 0.508 e. The molecule has 162 valence electrons. The molecule has 0 unspecified atom stereocenters. The number of rotatable bonds is 10. The number of methoxy groups -OCH3 is 1. The first-order valence-corrected chi connectivity index (χ1v) is 10.2. The smallest absolute Gasteiger partial charge is 0.164 e. The highest BCUT2D eigenvalue weighted by molar-refractivity contribution is 6.10. The Hall–Kier alpha value is -3.42. The highest BCUT2D eigenvalue weighted by atomic mass is 16.5. The number of aromatic nitrogens is 1. The van der Waals surface area contributed by atoms with Gasteiger partial charge in [-0.3, -0.25) is 0 Å². The van der Waals surface area contributed by atoms with Crippen LogP contribution in [0, 0.1) is 0 Å². The Bertz CT molecular complexity index is 1160. The zero-order valence-electron chi connectivity index (χ0n) is 17.3. The molecule has 31 heavy (non-hydrogen) atoms. The molecule has 0 aliphatic rings. The molecule has 7 heteroatoms. The summed E-state index contributed by atoms with van der Waals surface area (Å²) >= 11 is 0. The van der Waals surface area contributed by atoms with Gasteiger partial charge in [0.25, 0.3) is 0 Å². The summed E-state index contributed by atoms with van der Waals surface area (Å²) < 4.78 is 16.8. The van der Waals surface area contributed by atoms with Gasteiger partial charge in [0, 0.05) is 35.4 Å². The van der Waals surface area contributed by atoms with E-state index in [-0.39, 0.29) is 12.4 Å². The summed E-state index contributed by atoms with van der Waals surface area (Å²) in [6.45, 7) is 1.49. The summed E-state index contributed by atoms with van der Waals surface area (Å²) in [6.07, 6.45) is -0.663. The third-order valence-electron chi connectivity index (χ3n) is 4.99. The van der Waals surface area contributed by atoms with Gasteiger partial charge in [0.15, 0.2) is 11.5 Å². The van der Waals surface area contributed by atoms with E-state index in [9.17, 15) is 10.2 Å². The minimum Gasteiger partial charge on any atom is -0.508 e. The SMILES string of the molecule is COc1cc(O)ccc1OCCNC[C@@H](O)COc1cccc2[nH]c3ccccc3c12. The highest BCUT2D eigenvalue weighted by Gasteiger charge is 2.11. The fourth-order valence-electron chi connectivity index (χ4n) is 3.51. The zero-order chi connectivity index (χ0) is 21.6. The number of hydrogen-bond acceptors (Lipinski definition) is 6. The van der Waals surface area contributed by atoms with E-state index in [4.69, 9.17) is 14.2 Å². The number of benzene rings is 3. The van der Waals surface area contributed by atoms with Crippen molar-refractivity contribution in [3.8, 4) is 23.0 Å². The highest BCUT2D eigenvalue weighted by Crippen LogP contribution is 2.33. The number of aliphatic hydroxyl groups excluding tert-OH is 1. The number of ether oxygens (including phenoxy) is 3. The predicted octanol–water partition coefficient (Wildman–Crippen LogP) is 3.44. The van der Waals surface area contributed by atoms with Crippen LogP contribution in [0.3, 0.4) is 0 Å². The van der Waals surface area contributed by atoms with Gasteiger partial charge in [0.2, 0.25) is 0 Å². The van der Waals surface area contributed by atoms with Crippen molar-refractivity contribution < 1.29 is 24.4 Å². The molecule has 4 rings (SSSR count).